The number of carbonyl (C=O) groups excluding carboxylic acids is 2. The van der Waals surface area contributed by atoms with E-state index in [9.17, 15) is 9.59 Å². The number of hydrogen-bond donors (Lipinski definition) is 1. The van der Waals surface area contributed by atoms with Crippen molar-refractivity contribution in [2.45, 2.75) is 65.3 Å². The SMILES string of the molecule is CCOC1CCN(C(=O)c2ccc3c(c2)nc(-c2cc4ccccc4n2CC)n3C)CC1NC(=O)OC(C)(C)C. The van der Waals surface area contributed by atoms with Gasteiger partial charge in [0.05, 0.1) is 28.9 Å². The molecule has 1 N–H and O–H groups in total. The van der Waals surface area contributed by atoms with Gasteiger partial charge in [-0.3, -0.25) is 4.79 Å². The van der Waals surface area contributed by atoms with E-state index in [-0.39, 0.29) is 18.1 Å². The molecule has 2 aromatic heterocycles. The third kappa shape index (κ3) is 5.43. The van der Waals surface area contributed by atoms with Gasteiger partial charge in [-0.25, -0.2) is 9.78 Å². The summed E-state index contributed by atoms with van der Waals surface area (Å²) in [6.45, 7) is 11.8. The van der Waals surface area contributed by atoms with Gasteiger partial charge in [0.25, 0.3) is 5.91 Å². The second kappa shape index (κ2) is 11.0. The van der Waals surface area contributed by atoms with Gasteiger partial charge < -0.3 is 28.8 Å². The molecule has 5 rings (SSSR count). The summed E-state index contributed by atoms with van der Waals surface area (Å²) in [5, 5.41) is 4.10. The maximum Gasteiger partial charge on any atom is 0.408 e. The zero-order valence-corrected chi connectivity index (χ0v) is 24.2. The lowest BCUT2D eigenvalue weighted by atomic mass is 10.0. The van der Waals surface area contributed by atoms with Crippen LogP contribution < -0.4 is 5.32 Å². The normalized spacial score (nSPS) is 17.9. The Hall–Kier alpha value is -3.85. The molecule has 1 saturated heterocycles. The van der Waals surface area contributed by atoms with E-state index in [1.54, 1.807) is 4.90 Å². The molecule has 2 atom stereocenters. The third-order valence-corrected chi connectivity index (χ3v) is 7.40. The number of likely N-dealkylation sites (tertiary alicyclic amines) is 1. The number of benzene rings is 2. The van der Waals surface area contributed by atoms with E-state index < -0.39 is 11.7 Å². The first kappa shape index (κ1) is 27.7. The number of aryl methyl sites for hydroxylation is 2. The minimum Gasteiger partial charge on any atom is -0.444 e. The van der Waals surface area contributed by atoms with Gasteiger partial charge in [-0.2, -0.15) is 0 Å². The second-order valence-electron chi connectivity index (χ2n) is 11.3. The lowest BCUT2D eigenvalue weighted by molar-refractivity contribution is -0.0135. The first-order chi connectivity index (χ1) is 19.1. The number of ether oxygens (including phenoxy) is 2. The van der Waals surface area contributed by atoms with Crippen molar-refractivity contribution in [1.29, 1.82) is 0 Å². The van der Waals surface area contributed by atoms with Crippen molar-refractivity contribution in [2.24, 2.45) is 7.05 Å². The Morgan fingerprint density at radius 1 is 1.07 bits per heavy atom. The Morgan fingerprint density at radius 3 is 2.58 bits per heavy atom. The molecule has 2 amide bonds. The molecule has 0 spiro atoms. The van der Waals surface area contributed by atoms with Gasteiger partial charge in [-0.1, -0.05) is 18.2 Å². The number of para-hydroxylation sites is 1. The monoisotopic (exact) mass is 545 g/mol. The number of nitrogens with zero attached hydrogens (tertiary/aromatic N) is 4. The quantitative estimate of drug-likeness (QED) is 0.352. The molecule has 2 aromatic carbocycles. The Balaban J connectivity index is 1.40. The summed E-state index contributed by atoms with van der Waals surface area (Å²) < 4.78 is 15.7. The van der Waals surface area contributed by atoms with Gasteiger partial charge in [0, 0.05) is 49.8 Å². The fourth-order valence-corrected chi connectivity index (χ4v) is 5.61. The number of hydrogen-bond acceptors (Lipinski definition) is 5. The summed E-state index contributed by atoms with van der Waals surface area (Å²) in [6.07, 6.45) is -0.0754. The largest absolute Gasteiger partial charge is 0.444 e. The van der Waals surface area contributed by atoms with E-state index in [0.717, 1.165) is 29.1 Å². The van der Waals surface area contributed by atoms with E-state index in [1.807, 2.05) is 59.0 Å². The molecular formula is C31H39N5O4. The molecule has 2 unspecified atom stereocenters. The number of alkyl carbamates (subject to hydrolysis) is 1. The van der Waals surface area contributed by atoms with Gasteiger partial charge in [0.2, 0.25) is 0 Å². The molecule has 1 aliphatic heterocycles. The summed E-state index contributed by atoms with van der Waals surface area (Å²) in [4.78, 5) is 32.9. The molecule has 0 bridgehead atoms. The highest BCUT2D eigenvalue weighted by Crippen LogP contribution is 2.30. The third-order valence-electron chi connectivity index (χ3n) is 7.40. The van der Waals surface area contributed by atoms with Crippen LogP contribution in [0.5, 0.6) is 0 Å². The second-order valence-corrected chi connectivity index (χ2v) is 11.3. The van der Waals surface area contributed by atoms with Crippen LogP contribution >= 0.6 is 0 Å². The van der Waals surface area contributed by atoms with Crippen LogP contribution in [0, 0.1) is 0 Å². The van der Waals surface area contributed by atoms with E-state index in [1.165, 1.54) is 10.9 Å². The number of imidazole rings is 1. The molecular weight excluding hydrogens is 506 g/mol. The topological polar surface area (TPSA) is 90.6 Å². The van der Waals surface area contributed by atoms with Crippen molar-refractivity contribution in [3.05, 3.63) is 54.1 Å². The van der Waals surface area contributed by atoms with Crippen LogP contribution in [0.4, 0.5) is 4.79 Å². The Kier molecular flexibility index (Phi) is 7.59. The summed E-state index contributed by atoms with van der Waals surface area (Å²) in [7, 11) is 2.01. The molecule has 3 heterocycles. The number of rotatable bonds is 6. The van der Waals surface area contributed by atoms with Crippen molar-refractivity contribution >= 4 is 33.9 Å². The lowest BCUT2D eigenvalue weighted by Gasteiger charge is -2.38. The van der Waals surface area contributed by atoms with E-state index in [2.05, 4.69) is 45.6 Å². The van der Waals surface area contributed by atoms with Crippen LogP contribution in [0.3, 0.4) is 0 Å². The highest BCUT2D eigenvalue weighted by atomic mass is 16.6. The highest BCUT2D eigenvalue weighted by molar-refractivity contribution is 5.98. The van der Waals surface area contributed by atoms with Crippen LogP contribution in [-0.2, 0) is 23.1 Å². The molecule has 4 aromatic rings. The minimum atomic E-state index is -0.613. The zero-order valence-electron chi connectivity index (χ0n) is 24.2. The van der Waals surface area contributed by atoms with Gasteiger partial charge in [-0.05, 0) is 71.4 Å². The molecule has 0 saturated carbocycles. The standard InChI is InChI=1S/C31H39N5O4/c1-7-36-24-12-10-9-11-20(24)18-26(36)28-32-22-17-21(13-14-25(22)34(28)6)29(37)35-16-15-27(39-8-2)23(19-35)33-30(38)40-31(3,4)5/h9-14,17-18,23,27H,7-8,15-16,19H2,1-6H3,(H,33,38). The number of nitrogens with one attached hydrogen (secondary N) is 1. The van der Waals surface area contributed by atoms with Crippen molar-refractivity contribution < 1.29 is 19.1 Å². The summed E-state index contributed by atoms with van der Waals surface area (Å²) in [5.74, 6) is 0.763. The number of amides is 2. The van der Waals surface area contributed by atoms with E-state index in [0.29, 0.717) is 31.7 Å². The predicted octanol–water partition coefficient (Wildman–Crippen LogP) is 5.36. The molecule has 0 radical (unpaired) electrons. The van der Waals surface area contributed by atoms with Crippen LogP contribution in [0.25, 0.3) is 33.5 Å². The number of carbonyl (C=O) groups is 2. The first-order valence-electron chi connectivity index (χ1n) is 14.0. The summed E-state index contributed by atoms with van der Waals surface area (Å²) in [6, 6.07) is 15.8. The summed E-state index contributed by atoms with van der Waals surface area (Å²) in [5.41, 5.74) is 3.90. The minimum absolute atomic E-state index is 0.0947. The highest BCUT2D eigenvalue weighted by Gasteiger charge is 2.34. The Morgan fingerprint density at radius 2 is 1.85 bits per heavy atom. The molecule has 212 valence electrons. The molecule has 1 fully saturated rings. The fourth-order valence-electron chi connectivity index (χ4n) is 5.61. The van der Waals surface area contributed by atoms with E-state index >= 15 is 0 Å². The molecule has 9 heteroatoms. The van der Waals surface area contributed by atoms with Crippen LogP contribution in [0.2, 0.25) is 0 Å². The molecule has 1 aliphatic rings. The van der Waals surface area contributed by atoms with Gasteiger partial charge in [0.1, 0.15) is 5.60 Å². The molecule has 9 nitrogen and oxygen atoms in total. The number of piperidine rings is 1. The number of fused-ring (bicyclic) bond motifs is 2. The smallest absolute Gasteiger partial charge is 0.408 e. The maximum atomic E-state index is 13.7. The predicted molar refractivity (Wildman–Crippen MR) is 156 cm³/mol. The van der Waals surface area contributed by atoms with Crippen molar-refractivity contribution in [2.75, 3.05) is 19.7 Å². The maximum absolute atomic E-state index is 13.7. The van der Waals surface area contributed by atoms with Crippen molar-refractivity contribution in [3.63, 3.8) is 0 Å². The average molecular weight is 546 g/mol. The number of aromatic nitrogens is 3. The first-order valence-corrected chi connectivity index (χ1v) is 14.0. The fraction of sp³-hybridized carbons (Fsp3) is 0.452. The van der Waals surface area contributed by atoms with Crippen LogP contribution in [0.15, 0.2) is 48.5 Å². The van der Waals surface area contributed by atoms with Gasteiger partial charge >= 0.3 is 6.09 Å². The Labute approximate surface area is 235 Å². The van der Waals surface area contributed by atoms with Crippen LogP contribution in [0.1, 0.15) is 51.4 Å². The summed E-state index contributed by atoms with van der Waals surface area (Å²) >= 11 is 0. The van der Waals surface area contributed by atoms with E-state index in [4.69, 9.17) is 14.5 Å². The molecule has 0 aliphatic carbocycles. The van der Waals surface area contributed by atoms with Crippen molar-refractivity contribution in [3.8, 4) is 11.5 Å². The van der Waals surface area contributed by atoms with Crippen LogP contribution in [-0.4, -0.2) is 68.5 Å². The van der Waals surface area contributed by atoms with Crippen molar-refractivity contribution in [1.82, 2.24) is 24.3 Å². The molecule has 40 heavy (non-hydrogen) atoms. The average Bonchev–Trinajstić information content (AvgIpc) is 3.45. The van der Waals surface area contributed by atoms with Gasteiger partial charge in [0.15, 0.2) is 5.82 Å². The zero-order chi connectivity index (χ0) is 28.6. The Bertz CT molecular complexity index is 1550. The lowest BCUT2D eigenvalue weighted by Crippen LogP contribution is -2.57. The van der Waals surface area contributed by atoms with Gasteiger partial charge in [-0.15, -0.1) is 0 Å².